The summed E-state index contributed by atoms with van der Waals surface area (Å²) in [6.45, 7) is 0. The third-order valence-corrected chi connectivity index (χ3v) is 7.16. The van der Waals surface area contributed by atoms with E-state index >= 15 is 0 Å². The van der Waals surface area contributed by atoms with E-state index < -0.39 is 54.1 Å². The number of methoxy groups -OCH3 is 1. The van der Waals surface area contributed by atoms with Crippen molar-refractivity contribution in [3.8, 4) is 17.2 Å². The van der Waals surface area contributed by atoms with Gasteiger partial charge in [-0.3, -0.25) is 9.44 Å². The van der Waals surface area contributed by atoms with Gasteiger partial charge in [0.05, 0.1) is 23.4 Å². The van der Waals surface area contributed by atoms with Crippen molar-refractivity contribution in [1.29, 1.82) is 0 Å². The standard InChI is InChI=1S/C21H16F6N2O7S2/c1-34-18-9-8-17(37(30,31)28-13-4-2-6-15(10-13)35-20(22,23)24)12-19(18)38(32,33)29-14-5-3-7-16(11-14)36-21(25,26)27/h2-12,28-29H,1H3. The first-order valence-corrected chi connectivity index (χ1v) is 12.9. The number of halogens is 6. The fourth-order valence-corrected chi connectivity index (χ4v) is 5.37. The third-order valence-electron chi connectivity index (χ3n) is 4.37. The van der Waals surface area contributed by atoms with Crippen molar-refractivity contribution >= 4 is 31.4 Å². The first kappa shape index (κ1) is 28.7. The van der Waals surface area contributed by atoms with Crippen LogP contribution < -0.4 is 23.7 Å². The molecule has 0 saturated carbocycles. The topological polar surface area (TPSA) is 120 Å². The molecule has 17 heteroatoms. The molecule has 0 radical (unpaired) electrons. The fraction of sp³-hybridized carbons (Fsp3) is 0.143. The highest BCUT2D eigenvalue weighted by atomic mass is 32.2. The maximum Gasteiger partial charge on any atom is 0.573 e. The molecule has 0 aliphatic rings. The van der Waals surface area contributed by atoms with Crippen LogP contribution in [-0.2, 0) is 20.0 Å². The van der Waals surface area contributed by atoms with Crippen LogP contribution in [0.25, 0.3) is 0 Å². The van der Waals surface area contributed by atoms with Crippen LogP contribution in [0.5, 0.6) is 17.2 Å². The molecule has 3 rings (SSSR count). The number of benzene rings is 3. The second-order valence-electron chi connectivity index (χ2n) is 7.17. The minimum atomic E-state index is -5.03. The van der Waals surface area contributed by atoms with Gasteiger partial charge in [-0.05, 0) is 42.5 Å². The molecule has 3 aromatic rings. The van der Waals surface area contributed by atoms with Crippen LogP contribution in [0.15, 0.2) is 76.5 Å². The smallest absolute Gasteiger partial charge is 0.495 e. The van der Waals surface area contributed by atoms with Crippen molar-refractivity contribution in [3.05, 3.63) is 66.7 Å². The molecule has 0 amide bonds. The van der Waals surface area contributed by atoms with Crippen LogP contribution >= 0.6 is 0 Å². The molecule has 0 aliphatic carbocycles. The zero-order chi connectivity index (χ0) is 28.4. The zero-order valence-corrected chi connectivity index (χ0v) is 20.4. The Morgan fingerprint density at radius 2 is 1.13 bits per heavy atom. The van der Waals surface area contributed by atoms with E-state index in [2.05, 4.69) is 9.47 Å². The van der Waals surface area contributed by atoms with Crippen molar-refractivity contribution in [2.24, 2.45) is 0 Å². The van der Waals surface area contributed by atoms with Gasteiger partial charge in [-0.25, -0.2) is 16.8 Å². The second kappa shape index (κ2) is 10.5. The second-order valence-corrected chi connectivity index (χ2v) is 10.5. The lowest BCUT2D eigenvalue weighted by molar-refractivity contribution is -0.275. The Morgan fingerprint density at radius 3 is 1.58 bits per heavy atom. The molecule has 2 N–H and O–H groups in total. The number of rotatable bonds is 9. The summed E-state index contributed by atoms with van der Waals surface area (Å²) in [6.07, 6.45) is -10.1. The van der Waals surface area contributed by atoms with E-state index in [1.807, 2.05) is 9.44 Å². The summed E-state index contributed by atoms with van der Waals surface area (Å²) in [6, 6.07) is 10.4. The summed E-state index contributed by atoms with van der Waals surface area (Å²) < 4.78 is 143. The molecule has 9 nitrogen and oxygen atoms in total. The number of alkyl halides is 6. The summed E-state index contributed by atoms with van der Waals surface area (Å²) in [7, 11) is -8.12. The Bertz CT molecular complexity index is 1530. The Balaban J connectivity index is 1.92. The van der Waals surface area contributed by atoms with Gasteiger partial charge in [0.2, 0.25) is 0 Å². The highest BCUT2D eigenvalue weighted by Gasteiger charge is 2.32. The molecule has 0 spiro atoms. The predicted molar refractivity (Wildman–Crippen MR) is 121 cm³/mol. The fourth-order valence-electron chi connectivity index (χ4n) is 2.97. The molecule has 0 fully saturated rings. The number of anilines is 2. The van der Waals surface area contributed by atoms with Gasteiger partial charge < -0.3 is 14.2 Å². The lowest BCUT2D eigenvalue weighted by Crippen LogP contribution is -2.19. The van der Waals surface area contributed by atoms with E-state index in [-0.39, 0.29) is 17.1 Å². The number of ether oxygens (including phenoxy) is 3. The molecule has 0 aromatic heterocycles. The van der Waals surface area contributed by atoms with Crippen molar-refractivity contribution < 1.29 is 57.4 Å². The van der Waals surface area contributed by atoms with Gasteiger partial charge in [0.1, 0.15) is 22.1 Å². The molecule has 206 valence electrons. The normalized spacial score (nSPS) is 12.5. The van der Waals surface area contributed by atoms with Crippen molar-refractivity contribution in [2.45, 2.75) is 22.5 Å². The molecule has 3 aromatic carbocycles. The van der Waals surface area contributed by atoms with Crippen LogP contribution in [0.1, 0.15) is 0 Å². The summed E-state index contributed by atoms with van der Waals surface area (Å²) in [4.78, 5) is -1.34. The van der Waals surface area contributed by atoms with Crippen LogP contribution in [0.4, 0.5) is 37.7 Å². The molecule has 0 unspecified atom stereocenters. The van der Waals surface area contributed by atoms with Gasteiger partial charge in [0.15, 0.2) is 0 Å². The first-order valence-electron chi connectivity index (χ1n) is 9.93. The minimum Gasteiger partial charge on any atom is -0.495 e. The van der Waals surface area contributed by atoms with E-state index in [0.717, 1.165) is 67.8 Å². The third kappa shape index (κ3) is 7.82. The molecule has 0 aliphatic heterocycles. The van der Waals surface area contributed by atoms with Crippen LogP contribution in [-0.4, -0.2) is 36.7 Å². The molecular weight excluding hydrogens is 570 g/mol. The Morgan fingerprint density at radius 1 is 0.658 bits per heavy atom. The highest BCUT2D eigenvalue weighted by molar-refractivity contribution is 7.93. The molecule has 38 heavy (non-hydrogen) atoms. The average molecular weight is 586 g/mol. The Kier molecular flexibility index (Phi) is 7.92. The Hall–Kier alpha value is -3.86. The summed E-state index contributed by atoms with van der Waals surface area (Å²) >= 11 is 0. The Labute approximate surface area is 212 Å². The molecule has 0 bridgehead atoms. The summed E-state index contributed by atoms with van der Waals surface area (Å²) in [5.74, 6) is -1.75. The predicted octanol–water partition coefficient (Wildman–Crippen LogP) is 5.09. The highest BCUT2D eigenvalue weighted by Crippen LogP contribution is 2.32. The number of hydrogen-bond donors (Lipinski definition) is 2. The van der Waals surface area contributed by atoms with E-state index in [4.69, 9.17) is 4.74 Å². The quantitative estimate of drug-likeness (QED) is 0.335. The lowest BCUT2D eigenvalue weighted by atomic mass is 10.3. The molecule has 0 saturated heterocycles. The van der Waals surface area contributed by atoms with E-state index in [9.17, 15) is 43.2 Å². The van der Waals surface area contributed by atoms with Gasteiger partial charge >= 0.3 is 12.7 Å². The van der Waals surface area contributed by atoms with Crippen LogP contribution in [0, 0.1) is 0 Å². The first-order chi connectivity index (χ1) is 17.5. The van der Waals surface area contributed by atoms with E-state index in [1.54, 1.807) is 0 Å². The van der Waals surface area contributed by atoms with Gasteiger partial charge in [0.25, 0.3) is 20.0 Å². The van der Waals surface area contributed by atoms with Gasteiger partial charge in [0, 0.05) is 12.1 Å². The maximum atomic E-state index is 13.0. The van der Waals surface area contributed by atoms with E-state index in [1.165, 1.54) is 0 Å². The minimum absolute atomic E-state index is 0.320. The largest absolute Gasteiger partial charge is 0.573 e. The number of sulfonamides is 2. The van der Waals surface area contributed by atoms with Gasteiger partial charge in [-0.1, -0.05) is 12.1 Å². The number of nitrogens with one attached hydrogen (secondary N) is 2. The maximum absolute atomic E-state index is 13.0. The average Bonchev–Trinajstić information content (AvgIpc) is 2.76. The molecular formula is C21H16F6N2O7S2. The molecule has 0 heterocycles. The zero-order valence-electron chi connectivity index (χ0n) is 18.8. The van der Waals surface area contributed by atoms with Crippen molar-refractivity contribution in [1.82, 2.24) is 0 Å². The summed E-state index contributed by atoms with van der Waals surface area (Å²) in [5.41, 5.74) is -0.673. The van der Waals surface area contributed by atoms with E-state index in [0.29, 0.717) is 6.07 Å². The summed E-state index contributed by atoms with van der Waals surface area (Å²) in [5, 5.41) is 0. The van der Waals surface area contributed by atoms with Crippen molar-refractivity contribution in [3.63, 3.8) is 0 Å². The number of hydrogen-bond acceptors (Lipinski definition) is 7. The van der Waals surface area contributed by atoms with Gasteiger partial charge in [-0.15, -0.1) is 26.3 Å². The monoisotopic (exact) mass is 586 g/mol. The molecule has 0 atom stereocenters. The SMILES string of the molecule is COc1ccc(S(=O)(=O)Nc2cccc(OC(F)(F)F)c2)cc1S(=O)(=O)Nc1cccc(OC(F)(F)F)c1. The lowest BCUT2D eigenvalue weighted by Gasteiger charge is -2.15. The van der Waals surface area contributed by atoms with Gasteiger partial charge in [-0.2, -0.15) is 0 Å². The van der Waals surface area contributed by atoms with Crippen LogP contribution in [0.3, 0.4) is 0 Å². The van der Waals surface area contributed by atoms with Crippen LogP contribution in [0.2, 0.25) is 0 Å². The van der Waals surface area contributed by atoms with Crippen molar-refractivity contribution in [2.75, 3.05) is 16.6 Å².